The van der Waals surface area contributed by atoms with Gasteiger partial charge < -0.3 is 30.0 Å². The van der Waals surface area contributed by atoms with Crippen LogP contribution in [0.4, 0.5) is 0 Å². The molecule has 0 bridgehead atoms. The monoisotopic (exact) mass is 882 g/mol. The van der Waals surface area contributed by atoms with E-state index in [1.165, 1.54) is 0 Å². The van der Waals surface area contributed by atoms with Gasteiger partial charge in [-0.05, 0) is 25.4 Å². The molecule has 3 N–H and O–H groups in total. The van der Waals surface area contributed by atoms with E-state index in [-0.39, 0.29) is 36.3 Å². The van der Waals surface area contributed by atoms with Gasteiger partial charge in [-0.25, -0.2) is 26.2 Å². The molecule has 0 atom stereocenters. The maximum absolute atomic E-state index is 11.4. The fourth-order valence-corrected chi connectivity index (χ4v) is 7.30. The summed E-state index contributed by atoms with van der Waals surface area (Å²) in [5.41, 5.74) is 7.83. The minimum absolute atomic E-state index is 0. The predicted molar refractivity (Wildman–Crippen MR) is 220 cm³/mol. The number of allylic oxidation sites excluding steroid dienone is 1. The summed E-state index contributed by atoms with van der Waals surface area (Å²) in [4.78, 5) is 25.2. The van der Waals surface area contributed by atoms with E-state index in [1.54, 1.807) is 23.2 Å². The summed E-state index contributed by atoms with van der Waals surface area (Å²) in [5, 5.41) is 18.6. The second-order valence-corrected chi connectivity index (χ2v) is 18.1. The zero-order chi connectivity index (χ0) is 42.1. The van der Waals surface area contributed by atoms with E-state index in [0.29, 0.717) is 129 Å². The maximum Gasteiger partial charge on any atom is 0.247 e. The highest BCUT2D eigenvalue weighted by Gasteiger charge is 2.23. The number of hydrogen-bond acceptors (Lipinski definition) is 17. The van der Waals surface area contributed by atoms with Gasteiger partial charge >= 0.3 is 0 Å². The zero-order valence-electron chi connectivity index (χ0n) is 33.1. The topological polar surface area (TPSA) is 245 Å². The van der Waals surface area contributed by atoms with E-state index < -0.39 is 24.9 Å². The van der Waals surface area contributed by atoms with E-state index >= 15 is 0 Å². The number of carbonyl (C=O) groups is 2. The van der Waals surface area contributed by atoms with E-state index in [0.717, 1.165) is 11.4 Å². The minimum atomic E-state index is -2.87. The van der Waals surface area contributed by atoms with Crippen LogP contribution in [-0.4, -0.2) is 183 Å². The summed E-state index contributed by atoms with van der Waals surface area (Å²) in [6.45, 7) is 19.6. The van der Waals surface area contributed by atoms with Crippen molar-refractivity contribution in [3.05, 3.63) is 48.1 Å². The Morgan fingerprint density at radius 3 is 1.45 bits per heavy atom. The lowest BCUT2D eigenvalue weighted by Crippen LogP contribution is -2.39. The van der Waals surface area contributed by atoms with Crippen LogP contribution in [-0.2, 0) is 74.4 Å². The van der Waals surface area contributed by atoms with E-state index in [4.69, 9.17) is 36.3 Å². The first-order valence-electron chi connectivity index (χ1n) is 18.5. The third-order valence-electron chi connectivity index (χ3n) is 8.01. The fraction of sp³-hybridized carbons (Fsp3) is 0.714. The standard InChI is InChI=1S/C17H29N5O5S.C13H25N5O4S.C4H5ClO.CH4/c1-15(2)17(23)18-3-7-26-9-10-27-8-4-22-14-16(19-20-22)13-21-5-11-28(24,25)12-6-21;14-1-5-21-7-8-22-6-2-18-12-13(15-16-18)11-17-3-9-23(19,20)10-4-17;1-3(2)4(5)6;/h14H,1,3-13H2,2H3,(H,18,23);12H,1-11,14H2;1H2,2H3;1H4. The molecule has 4 rings (SSSR count). The van der Waals surface area contributed by atoms with Crippen LogP contribution < -0.4 is 11.1 Å². The van der Waals surface area contributed by atoms with Crippen molar-refractivity contribution in [2.24, 2.45) is 5.73 Å². The van der Waals surface area contributed by atoms with Crippen molar-refractivity contribution in [1.29, 1.82) is 0 Å². The molecule has 0 saturated carbocycles. The number of nitrogens with zero attached hydrogens (tertiary/aromatic N) is 8. The SMILES string of the molecule is C.C=C(C)C(=O)Cl.C=C(C)C(=O)NCCOCCOCCn1cc(CN2CCS(=O)(=O)CC2)nn1.NCCOCCOCCn1cc(CN2CCS(=O)(=O)CC2)nn1. The lowest BCUT2D eigenvalue weighted by Gasteiger charge is -2.25. The summed E-state index contributed by atoms with van der Waals surface area (Å²) in [6, 6.07) is 0. The summed E-state index contributed by atoms with van der Waals surface area (Å²) >= 11 is 4.87. The van der Waals surface area contributed by atoms with Crippen molar-refractivity contribution < 1.29 is 45.4 Å². The number of hydrogen-bond donors (Lipinski definition) is 2. The first kappa shape index (κ1) is 52.8. The van der Waals surface area contributed by atoms with Gasteiger partial charge in [0.25, 0.3) is 0 Å². The lowest BCUT2D eigenvalue weighted by molar-refractivity contribution is -0.117. The molecule has 0 spiro atoms. The van der Waals surface area contributed by atoms with Crippen molar-refractivity contribution >= 4 is 42.4 Å². The second-order valence-electron chi connectivity index (χ2n) is 13.1. The Morgan fingerprint density at radius 1 is 0.707 bits per heavy atom. The largest absolute Gasteiger partial charge is 0.378 e. The van der Waals surface area contributed by atoms with Crippen LogP contribution in [0, 0.1) is 0 Å². The number of halogens is 1. The summed E-state index contributed by atoms with van der Waals surface area (Å²) in [5.74, 6) is 0.689. The number of ether oxygens (including phenoxy) is 4. The van der Waals surface area contributed by atoms with Gasteiger partial charge in [0.2, 0.25) is 11.1 Å². The van der Waals surface area contributed by atoms with Gasteiger partial charge in [-0.3, -0.25) is 19.4 Å². The molecule has 332 valence electrons. The highest BCUT2D eigenvalue weighted by atomic mass is 35.5. The first-order valence-corrected chi connectivity index (χ1v) is 22.5. The molecule has 0 aromatic carbocycles. The molecule has 2 saturated heterocycles. The van der Waals surface area contributed by atoms with Gasteiger partial charge in [0.05, 0.1) is 100 Å². The van der Waals surface area contributed by atoms with E-state index in [9.17, 15) is 26.4 Å². The average Bonchev–Trinajstić information content (AvgIpc) is 3.81. The van der Waals surface area contributed by atoms with Crippen molar-refractivity contribution in [1.82, 2.24) is 45.1 Å². The second kappa shape index (κ2) is 29.1. The van der Waals surface area contributed by atoms with Crippen molar-refractivity contribution in [2.75, 3.05) is 115 Å². The molecule has 23 heteroatoms. The number of sulfone groups is 2. The molecule has 1 amide bonds. The zero-order valence-corrected chi connectivity index (χ0v) is 35.4. The number of aromatic nitrogens is 6. The smallest absolute Gasteiger partial charge is 0.247 e. The lowest BCUT2D eigenvalue weighted by atomic mass is 10.3. The van der Waals surface area contributed by atoms with Gasteiger partial charge in [0.1, 0.15) is 0 Å². The Labute approximate surface area is 348 Å². The average molecular weight is 884 g/mol. The molecule has 0 aliphatic carbocycles. The van der Waals surface area contributed by atoms with Crippen LogP contribution in [0.25, 0.3) is 0 Å². The van der Waals surface area contributed by atoms with Crippen LogP contribution in [0.1, 0.15) is 32.7 Å². The number of carbonyl (C=O) groups excluding carboxylic acids is 2. The Morgan fingerprint density at radius 2 is 1.09 bits per heavy atom. The molecular weight excluding hydrogens is 820 g/mol. The predicted octanol–water partition coefficient (Wildman–Crippen LogP) is -0.302. The van der Waals surface area contributed by atoms with Gasteiger partial charge in [-0.15, -0.1) is 10.2 Å². The fourth-order valence-electron chi connectivity index (χ4n) is 4.75. The highest BCUT2D eigenvalue weighted by Crippen LogP contribution is 2.09. The normalized spacial score (nSPS) is 16.1. The molecule has 2 aromatic rings. The number of rotatable bonds is 23. The third kappa shape index (κ3) is 24.7. The third-order valence-corrected chi connectivity index (χ3v) is 11.5. The molecule has 0 radical (unpaired) electrons. The highest BCUT2D eigenvalue weighted by molar-refractivity contribution is 7.91. The molecule has 2 aliphatic heterocycles. The summed E-state index contributed by atoms with van der Waals surface area (Å²) < 4.78 is 70.6. The first-order chi connectivity index (χ1) is 27.1. The van der Waals surface area contributed by atoms with Gasteiger partial charge in [0.15, 0.2) is 19.7 Å². The number of nitrogens with one attached hydrogen (secondary N) is 1. The molecule has 4 heterocycles. The number of amides is 1. The van der Waals surface area contributed by atoms with Gasteiger partial charge in [-0.2, -0.15) is 0 Å². The van der Waals surface area contributed by atoms with Crippen LogP contribution in [0.3, 0.4) is 0 Å². The van der Waals surface area contributed by atoms with Crippen LogP contribution in [0.15, 0.2) is 36.7 Å². The van der Waals surface area contributed by atoms with E-state index in [1.807, 2.05) is 12.4 Å². The van der Waals surface area contributed by atoms with Crippen molar-refractivity contribution in [3.63, 3.8) is 0 Å². The van der Waals surface area contributed by atoms with Crippen molar-refractivity contribution in [2.45, 2.75) is 47.5 Å². The Kier molecular flexibility index (Phi) is 26.5. The molecule has 58 heavy (non-hydrogen) atoms. The molecule has 2 aromatic heterocycles. The van der Waals surface area contributed by atoms with E-state index in [2.05, 4.69) is 48.9 Å². The summed E-state index contributed by atoms with van der Waals surface area (Å²) in [7, 11) is -5.71. The van der Waals surface area contributed by atoms with Crippen LogP contribution in [0.2, 0.25) is 0 Å². The molecule has 20 nitrogen and oxygen atoms in total. The molecule has 2 aliphatic rings. The quantitative estimate of drug-likeness (QED) is 0.0827. The van der Waals surface area contributed by atoms with Gasteiger partial charge in [0, 0.05) is 75.9 Å². The van der Waals surface area contributed by atoms with Gasteiger partial charge in [-0.1, -0.05) is 31.0 Å². The molecule has 0 unspecified atom stereocenters. The Hall–Kier alpha value is -3.19. The molecule has 2 fully saturated rings. The molecular formula is C35H63ClN10O10S2. The van der Waals surface area contributed by atoms with Crippen molar-refractivity contribution in [3.8, 4) is 0 Å². The number of nitrogens with two attached hydrogens (primary N) is 1. The Balaban J connectivity index is 0.000000507. The summed E-state index contributed by atoms with van der Waals surface area (Å²) in [6.07, 6.45) is 3.73. The van der Waals surface area contributed by atoms with Crippen LogP contribution in [0.5, 0.6) is 0 Å². The Bertz CT molecular complexity index is 1700. The maximum atomic E-state index is 11.4. The minimum Gasteiger partial charge on any atom is -0.378 e. The van der Waals surface area contributed by atoms with Crippen LogP contribution >= 0.6 is 11.6 Å².